The molecule has 1 unspecified atom stereocenters. The summed E-state index contributed by atoms with van der Waals surface area (Å²) in [6, 6.07) is 0. The van der Waals surface area contributed by atoms with Crippen LogP contribution in [-0.2, 0) is 25.5 Å². The Bertz CT molecular complexity index is 786. The number of hydrogen-bond donors (Lipinski definition) is 0. The Hall–Kier alpha value is -2.65. The Morgan fingerprint density at radius 2 is 2.05 bits per heavy atom. The smallest absolute Gasteiger partial charge is 0.322 e. The molecular formula is C10H13N5O5. The second-order valence-electron chi connectivity index (χ2n) is 4.41. The fraction of sp³-hybridized carbons (Fsp3) is 0.500. The van der Waals surface area contributed by atoms with Gasteiger partial charge >= 0.3 is 5.69 Å². The average molecular weight is 283 g/mol. The molecular weight excluding hydrogens is 270 g/mol. The van der Waals surface area contributed by atoms with Crippen molar-refractivity contribution in [1.82, 2.24) is 18.7 Å². The van der Waals surface area contributed by atoms with Gasteiger partial charge in [0.2, 0.25) is 0 Å². The van der Waals surface area contributed by atoms with E-state index in [9.17, 15) is 19.7 Å². The number of hydrogen-bond acceptors (Lipinski definition) is 6. The predicted molar refractivity (Wildman–Crippen MR) is 67.8 cm³/mol. The first-order valence-electron chi connectivity index (χ1n) is 5.75. The highest BCUT2D eigenvalue weighted by Gasteiger charge is 2.16. The molecule has 10 nitrogen and oxygen atoms in total. The van der Waals surface area contributed by atoms with Gasteiger partial charge in [-0.3, -0.25) is 13.9 Å². The summed E-state index contributed by atoms with van der Waals surface area (Å²) in [5.41, 5.74) is -0.559. The number of rotatable bonds is 4. The van der Waals surface area contributed by atoms with Crippen molar-refractivity contribution >= 4 is 11.2 Å². The van der Waals surface area contributed by atoms with Crippen LogP contribution in [0.15, 0.2) is 15.9 Å². The van der Waals surface area contributed by atoms with Gasteiger partial charge in [0.15, 0.2) is 11.2 Å². The van der Waals surface area contributed by atoms with Gasteiger partial charge in [0, 0.05) is 14.1 Å². The van der Waals surface area contributed by atoms with E-state index in [2.05, 4.69) is 9.82 Å². The lowest BCUT2D eigenvalue weighted by Gasteiger charge is -2.11. The Balaban J connectivity index is 2.55. The molecule has 1 atom stereocenters. The van der Waals surface area contributed by atoms with Gasteiger partial charge < -0.3 is 9.40 Å². The molecule has 2 heterocycles. The second kappa shape index (κ2) is 4.79. The summed E-state index contributed by atoms with van der Waals surface area (Å²) in [5, 5.41) is 9.38. The Kier molecular flexibility index (Phi) is 3.30. The summed E-state index contributed by atoms with van der Waals surface area (Å²) >= 11 is 0. The second-order valence-corrected chi connectivity index (χ2v) is 4.41. The molecule has 0 amide bonds. The summed E-state index contributed by atoms with van der Waals surface area (Å²) in [6.07, 6.45) is 0.607. The van der Waals surface area contributed by atoms with E-state index in [1.165, 1.54) is 36.5 Å². The standard InChI is InChI=1S/C10H13N5O5/c1-6(20-15(18)19)4-14-5-11-8-7(14)9(16)13(3)10(17)12(8)2/h5-6H,4H2,1-3H3. The fourth-order valence-electron chi connectivity index (χ4n) is 1.99. The maximum Gasteiger partial charge on any atom is 0.332 e. The molecule has 2 rings (SSSR count). The summed E-state index contributed by atoms with van der Waals surface area (Å²) < 4.78 is 3.64. The zero-order valence-corrected chi connectivity index (χ0v) is 11.1. The monoisotopic (exact) mass is 283 g/mol. The van der Waals surface area contributed by atoms with Crippen LogP contribution in [0.5, 0.6) is 0 Å². The van der Waals surface area contributed by atoms with E-state index in [0.717, 1.165) is 4.57 Å². The maximum absolute atomic E-state index is 12.1. The van der Waals surface area contributed by atoms with Crippen LogP contribution in [0.4, 0.5) is 0 Å². The number of fused-ring (bicyclic) bond motifs is 1. The van der Waals surface area contributed by atoms with Crippen LogP contribution in [0.25, 0.3) is 11.2 Å². The van der Waals surface area contributed by atoms with Gasteiger partial charge in [-0.15, -0.1) is 10.1 Å². The van der Waals surface area contributed by atoms with Crippen LogP contribution in [0.3, 0.4) is 0 Å². The third-order valence-electron chi connectivity index (χ3n) is 2.94. The first-order valence-corrected chi connectivity index (χ1v) is 5.75. The lowest BCUT2D eigenvalue weighted by atomic mass is 10.4. The molecule has 0 spiro atoms. The van der Waals surface area contributed by atoms with E-state index >= 15 is 0 Å². The fourth-order valence-corrected chi connectivity index (χ4v) is 1.99. The number of nitrogens with zero attached hydrogens (tertiary/aromatic N) is 5. The van der Waals surface area contributed by atoms with Crippen molar-refractivity contribution in [2.75, 3.05) is 0 Å². The van der Waals surface area contributed by atoms with Crippen LogP contribution in [0.2, 0.25) is 0 Å². The molecule has 0 fully saturated rings. The molecule has 108 valence electrons. The van der Waals surface area contributed by atoms with E-state index in [-0.39, 0.29) is 17.7 Å². The van der Waals surface area contributed by atoms with E-state index in [1.807, 2.05) is 0 Å². The predicted octanol–water partition coefficient (Wildman–Crippen LogP) is -0.969. The largest absolute Gasteiger partial charge is 0.332 e. The maximum atomic E-state index is 12.1. The number of aromatic nitrogens is 4. The quantitative estimate of drug-likeness (QED) is 0.527. The highest BCUT2D eigenvalue weighted by Crippen LogP contribution is 2.07. The molecule has 0 aliphatic heterocycles. The number of imidazole rings is 1. The normalized spacial score (nSPS) is 12.6. The van der Waals surface area contributed by atoms with E-state index < -0.39 is 22.4 Å². The molecule has 0 saturated carbocycles. The van der Waals surface area contributed by atoms with Crippen molar-refractivity contribution in [2.24, 2.45) is 14.1 Å². The third-order valence-corrected chi connectivity index (χ3v) is 2.94. The third kappa shape index (κ3) is 2.15. The summed E-state index contributed by atoms with van der Waals surface area (Å²) in [7, 11) is 2.86. The van der Waals surface area contributed by atoms with Crippen LogP contribution in [0.1, 0.15) is 6.92 Å². The van der Waals surface area contributed by atoms with Crippen molar-refractivity contribution in [3.63, 3.8) is 0 Å². The van der Waals surface area contributed by atoms with Gasteiger partial charge in [-0.1, -0.05) is 0 Å². The highest BCUT2D eigenvalue weighted by molar-refractivity contribution is 5.69. The van der Waals surface area contributed by atoms with Crippen molar-refractivity contribution in [1.29, 1.82) is 0 Å². The van der Waals surface area contributed by atoms with Gasteiger partial charge in [-0.2, -0.15) is 0 Å². The molecule has 2 aromatic heterocycles. The van der Waals surface area contributed by atoms with Gasteiger partial charge in [-0.05, 0) is 6.92 Å². The molecule has 0 saturated heterocycles. The molecule has 0 N–H and O–H groups in total. The summed E-state index contributed by atoms with van der Waals surface area (Å²) in [6.45, 7) is 1.58. The minimum atomic E-state index is -0.891. The van der Waals surface area contributed by atoms with Gasteiger partial charge in [-0.25, -0.2) is 9.78 Å². The van der Waals surface area contributed by atoms with Crippen molar-refractivity contribution < 1.29 is 9.92 Å². The molecule has 0 aromatic carbocycles. The van der Waals surface area contributed by atoms with E-state index in [1.54, 1.807) is 0 Å². The molecule has 20 heavy (non-hydrogen) atoms. The molecule has 10 heteroatoms. The van der Waals surface area contributed by atoms with Crippen molar-refractivity contribution in [3.05, 3.63) is 37.3 Å². The Labute approximate surface area is 111 Å². The van der Waals surface area contributed by atoms with Crippen LogP contribution in [-0.4, -0.2) is 29.9 Å². The van der Waals surface area contributed by atoms with Crippen molar-refractivity contribution in [2.45, 2.75) is 19.6 Å². The molecule has 0 radical (unpaired) electrons. The Morgan fingerprint density at radius 1 is 1.40 bits per heavy atom. The zero-order valence-electron chi connectivity index (χ0n) is 11.1. The lowest BCUT2D eigenvalue weighted by molar-refractivity contribution is -0.768. The first kappa shape index (κ1) is 13.8. The van der Waals surface area contributed by atoms with Crippen molar-refractivity contribution in [3.8, 4) is 0 Å². The van der Waals surface area contributed by atoms with Crippen LogP contribution >= 0.6 is 0 Å². The molecule has 0 aliphatic rings. The topological polar surface area (TPSA) is 114 Å². The summed E-state index contributed by atoms with van der Waals surface area (Å²) in [5.74, 6) is 0. The molecule has 0 bridgehead atoms. The number of aryl methyl sites for hydroxylation is 1. The van der Waals surface area contributed by atoms with Crippen LogP contribution in [0, 0.1) is 10.1 Å². The van der Waals surface area contributed by atoms with E-state index in [4.69, 9.17) is 0 Å². The lowest BCUT2D eigenvalue weighted by Crippen LogP contribution is -2.37. The molecule has 0 aliphatic carbocycles. The minimum Gasteiger partial charge on any atom is -0.322 e. The molecule has 2 aromatic rings. The summed E-state index contributed by atoms with van der Waals surface area (Å²) in [4.78, 5) is 42.5. The van der Waals surface area contributed by atoms with Gasteiger partial charge in [0.1, 0.15) is 6.10 Å². The van der Waals surface area contributed by atoms with Crippen LogP contribution < -0.4 is 11.2 Å². The highest BCUT2D eigenvalue weighted by atomic mass is 17.0. The minimum absolute atomic E-state index is 0.0743. The van der Waals surface area contributed by atoms with Gasteiger partial charge in [0.25, 0.3) is 10.6 Å². The Morgan fingerprint density at radius 3 is 2.65 bits per heavy atom. The zero-order chi connectivity index (χ0) is 15.0. The SMILES string of the molecule is CC(Cn1cnc2c1c(=O)n(C)c(=O)n2C)O[N+](=O)[O-]. The van der Waals surface area contributed by atoms with E-state index in [0.29, 0.717) is 0 Å². The first-order chi connectivity index (χ1) is 9.32. The van der Waals surface area contributed by atoms with Gasteiger partial charge in [0.05, 0.1) is 12.9 Å². The average Bonchev–Trinajstić information content (AvgIpc) is 2.76.